The summed E-state index contributed by atoms with van der Waals surface area (Å²) in [5, 5.41) is 11.4. The van der Waals surface area contributed by atoms with Crippen LogP contribution in [0.1, 0.15) is 41.0 Å². The summed E-state index contributed by atoms with van der Waals surface area (Å²) in [5.41, 5.74) is 1.13. The standard InChI is InChI=1S/C14H17NO5/c1-3-20-14(19)10-4-5-12(11(8-10)9(2)16)15-7-6-13(17)18/h4-5,8,15H,3,6-7H2,1-2H3,(H,17,18). The normalized spacial score (nSPS) is 9.90. The summed E-state index contributed by atoms with van der Waals surface area (Å²) < 4.78 is 4.87. The number of carbonyl (C=O) groups excluding carboxylic acids is 2. The minimum atomic E-state index is -0.926. The van der Waals surface area contributed by atoms with Gasteiger partial charge in [-0.1, -0.05) is 0 Å². The van der Waals surface area contributed by atoms with Gasteiger partial charge in [0.15, 0.2) is 5.78 Å². The first-order chi connectivity index (χ1) is 9.45. The monoisotopic (exact) mass is 279 g/mol. The van der Waals surface area contributed by atoms with E-state index in [0.29, 0.717) is 16.8 Å². The number of Topliss-reactive ketones (excluding diaryl/α,β-unsaturated/α-hetero) is 1. The number of carbonyl (C=O) groups is 3. The molecule has 0 aliphatic carbocycles. The Kier molecular flexibility index (Phi) is 5.71. The highest BCUT2D eigenvalue weighted by Crippen LogP contribution is 2.19. The van der Waals surface area contributed by atoms with E-state index in [4.69, 9.17) is 9.84 Å². The zero-order chi connectivity index (χ0) is 15.1. The molecule has 6 heteroatoms. The summed E-state index contributed by atoms with van der Waals surface area (Å²) in [4.78, 5) is 33.6. The van der Waals surface area contributed by atoms with Crippen LogP contribution in [0.4, 0.5) is 5.69 Å². The molecule has 0 bridgehead atoms. The van der Waals surface area contributed by atoms with Crippen molar-refractivity contribution in [3.05, 3.63) is 29.3 Å². The van der Waals surface area contributed by atoms with E-state index in [9.17, 15) is 14.4 Å². The van der Waals surface area contributed by atoms with Gasteiger partial charge in [-0.05, 0) is 32.0 Å². The van der Waals surface area contributed by atoms with Crippen LogP contribution in [-0.2, 0) is 9.53 Å². The van der Waals surface area contributed by atoms with Crippen LogP contribution in [0.25, 0.3) is 0 Å². The fourth-order valence-corrected chi connectivity index (χ4v) is 1.64. The van der Waals surface area contributed by atoms with E-state index in [1.807, 2.05) is 0 Å². The lowest BCUT2D eigenvalue weighted by Gasteiger charge is -2.11. The molecule has 0 radical (unpaired) electrons. The maximum absolute atomic E-state index is 11.6. The van der Waals surface area contributed by atoms with E-state index in [2.05, 4.69) is 5.32 Å². The van der Waals surface area contributed by atoms with E-state index in [0.717, 1.165) is 0 Å². The average Bonchev–Trinajstić information content (AvgIpc) is 2.38. The molecule has 1 aromatic carbocycles. The Morgan fingerprint density at radius 3 is 2.55 bits per heavy atom. The summed E-state index contributed by atoms with van der Waals surface area (Å²) in [7, 11) is 0. The van der Waals surface area contributed by atoms with Crippen LogP contribution in [0.3, 0.4) is 0 Å². The second kappa shape index (κ2) is 7.28. The molecule has 0 unspecified atom stereocenters. The van der Waals surface area contributed by atoms with E-state index < -0.39 is 11.9 Å². The number of ketones is 1. The van der Waals surface area contributed by atoms with Crippen LogP contribution in [0.15, 0.2) is 18.2 Å². The molecule has 6 nitrogen and oxygen atoms in total. The Labute approximate surface area is 116 Å². The molecule has 0 amide bonds. The molecule has 0 fully saturated rings. The molecule has 1 aromatic rings. The molecule has 0 saturated heterocycles. The number of aliphatic carboxylic acids is 1. The topological polar surface area (TPSA) is 92.7 Å². The smallest absolute Gasteiger partial charge is 0.338 e. The van der Waals surface area contributed by atoms with Gasteiger partial charge in [-0.2, -0.15) is 0 Å². The van der Waals surface area contributed by atoms with Crippen molar-refractivity contribution in [1.29, 1.82) is 0 Å². The van der Waals surface area contributed by atoms with Gasteiger partial charge in [-0.3, -0.25) is 9.59 Å². The van der Waals surface area contributed by atoms with Crippen molar-refractivity contribution in [2.45, 2.75) is 20.3 Å². The van der Waals surface area contributed by atoms with Gasteiger partial charge in [0.2, 0.25) is 0 Å². The number of hydrogen-bond donors (Lipinski definition) is 2. The number of hydrogen-bond acceptors (Lipinski definition) is 5. The molecular weight excluding hydrogens is 262 g/mol. The fourth-order valence-electron chi connectivity index (χ4n) is 1.64. The van der Waals surface area contributed by atoms with Crippen molar-refractivity contribution in [3.8, 4) is 0 Å². The quantitative estimate of drug-likeness (QED) is 0.585. The number of rotatable bonds is 7. The van der Waals surface area contributed by atoms with Crippen LogP contribution >= 0.6 is 0 Å². The molecule has 0 saturated carbocycles. The second-order valence-corrected chi connectivity index (χ2v) is 4.11. The molecule has 0 atom stereocenters. The minimum Gasteiger partial charge on any atom is -0.481 e. The predicted octanol–water partition coefficient (Wildman–Crippen LogP) is 1.95. The highest BCUT2D eigenvalue weighted by Gasteiger charge is 2.13. The fraction of sp³-hybridized carbons (Fsp3) is 0.357. The Bertz CT molecular complexity index is 524. The molecule has 108 valence electrons. The first kappa shape index (κ1) is 15.7. The third-order valence-electron chi connectivity index (χ3n) is 2.56. The van der Waals surface area contributed by atoms with Crippen LogP contribution in [0.2, 0.25) is 0 Å². The van der Waals surface area contributed by atoms with Gasteiger partial charge < -0.3 is 15.2 Å². The summed E-state index contributed by atoms with van der Waals surface area (Å²) in [6, 6.07) is 4.56. The van der Waals surface area contributed by atoms with Crippen LogP contribution < -0.4 is 5.32 Å². The van der Waals surface area contributed by atoms with Crippen molar-refractivity contribution < 1.29 is 24.2 Å². The van der Waals surface area contributed by atoms with Crippen LogP contribution in [0.5, 0.6) is 0 Å². The zero-order valence-corrected chi connectivity index (χ0v) is 11.4. The lowest BCUT2D eigenvalue weighted by molar-refractivity contribution is -0.136. The lowest BCUT2D eigenvalue weighted by atomic mass is 10.1. The van der Waals surface area contributed by atoms with E-state index >= 15 is 0 Å². The molecule has 1 rings (SSSR count). The minimum absolute atomic E-state index is 0.0586. The molecule has 0 aliphatic rings. The van der Waals surface area contributed by atoms with Crippen molar-refractivity contribution in [3.63, 3.8) is 0 Å². The van der Waals surface area contributed by atoms with Crippen molar-refractivity contribution in [2.24, 2.45) is 0 Å². The van der Waals surface area contributed by atoms with Crippen molar-refractivity contribution in [2.75, 3.05) is 18.5 Å². The van der Waals surface area contributed by atoms with Gasteiger partial charge in [0.25, 0.3) is 0 Å². The second-order valence-electron chi connectivity index (χ2n) is 4.11. The third-order valence-corrected chi connectivity index (χ3v) is 2.56. The highest BCUT2D eigenvalue weighted by atomic mass is 16.5. The molecule has 0 spiro atoms. The number of benzene rings is 1. The number of ether oxygens (including phenoxy) is 1. The Morgan fingerprint density at radius 2 is 2.00 bits per heavy atom. The van der Waals surface area contributed by atoms with Crippen molar-refractivity contribution >= 4 is 23.4 Å². The molecular formula is C14H17NO5. The number of nitrogens with one attached hydrogen (secondary N) is 1. The largest absolute Gasteiger partial charge is 0.481 e. The first-order valence-corrected chi connectivity index (χ1v) is 6.23. The van der Waals surface area contributed by atoms with Gasteiger partial charge in [-0.15, -0.1) is 0 Å². The first-order valence-electron chi connectivity index (χ1n) is 6.23. The van der Waals surface area contributed by atoms with E-state index in [-0.39, 0.29) is 25.4 Å². The molecule has 2 N–H and O–H groups in total. The van der Waals surface area contributed by atoms with E-state index in [1.54, 1.807) is 13.0 Å². The summed E-state index contributed by atoms with van der Waals surface area (Å²) in [6.07, 6.45) is -0.0586. The molecule has 20 heavy (non-hydrogen) atoms. The number of carboxylic acids is 1. The van der Waals surface area contributed by atoms with Gasteiger partial charge in [0.1, 0.15) is 0 Å². The van der Waals surface area contributed by atoms with Gasteiger partial charge in [0.05, 0.1) is 18.6 Å². The van der Waals surface area contributed by atoms with Gasteiger partial charge in [0, 0.05) is 17.8 Å². The number of carboxylic acid groups (broad SMARTS) is 1. The molecule has 0 aromatic heterocycles. The molecule has 0 aliphatic heterocycles. The molecule has 0 heterocycles. The number of esters is 1. The van der Waals surface area contributed by atoms with Crippen LogP contribution in [0, 0.1) is 0 Å². The Hall–Kier alpha value is -2.37. The average molecular weight is 279 g/mol. The highest BCUT2D eigenvalue weighted by molar-refractivity contribution is 6.02. The lowest BCUT2D eigenvalue weighted by Crippen LogP contribution is -2.12. The third kappa shape index (κ3) is 4.38. The Morgan fingerprint density at radius 1 is 1.30 bits per heavy atom. The zero-order valence-electron chi connectivity index (χ0n) is 11.4. The van der Waals surface area contributed by atoms with Gasteiger partial charge in [-0.25, -0.2) is 4.79 Å². The maximum atomic E-state index is 11.6. The predicted molar refractivity (Wildman–Crippen MR) is 73.1 cm³/mol. The summed E-state index contributed by atoms with van der Waals surface area (Å²) in [6.45, 7) is 3.54. The summed E-state index contributed by atoms with van der Waals surface area (Å²) >= 11 is 0. The van der Waals surface area contributed by atoms with E-state index in [1.165, 1.54) is 19.1 Å². The SMILES string of the molecule is CCOC(=O)c1ccc(NCCC(=O)O)c(C(C)=O)c1. The maximum Gasteiger partial charge on any atom is 0.338 e. The van der Waals surface area contributed by atoms with Gasteiger partial charge >= 0.3 is 11.9 Å². The number of anilines is 1. The Balaban J connectivity index is 2.93. The summed E-state index contributed by atoms with van der Waals surface area (Å²) in [5.74, 6) is -1.63. The van der Waals surface area contributed by atoms with Crippen molar-refractivity contribution in [1.82, 2.24) is 0 Å². The van der Waals surface area contributed by atoms with Crippen LogP contribution in [-0.4, -0.2) is 36.0 Å².